The van der Waals surface area contributed by atoms with Crippen LogP contribution in [0.2, 0.25) is 0 Å². The van der Waals surface area contributed by atoms with Crippen molar-refractivity contribution in [1.29, 1.82) is 0 Å². The van der Waals surface area contributed by atoms with Gasteiger partial charge in [0.2, 0.25) is 0 Å². The average Bonchev–Trinajstić information content (AvgIpc) is 3.05. The fourth-order valence-corrected chi connectivity index (χ4v) is 4.30. The first kappa shape index (κ1) is 21.1. The lowest BCUT2D eigenvalue weighted by molar-refractivity contribution is 0.0996. The zero-order chi connectivity index (χ0) is 21.0. The van der Waals surface area contributed by atoms with Gasteiger partial charge in [0.25, 0.3) is 5.91 Å². The molecule has 0 atom stereocenters. The van der Waals surface area contributed by atoms with Gasteiger partial charge in [-0.15, -0.1) is 0 Å². The average molecular weight is 415 g/mol. The molecule has 0 aliphatic carbocycles. The number of fused-ring (bicyclic) bond motifs is 1. The minimum atomic E-state index is -0.340. The van der Waals surface area contributed by atoms with E-state index in [4.69, 9.17) is 14.2 Å². The van der Waals surface area contributed by atoms with Crippen LogP contribution in [0.4, 0.5) is 0 Å². The molecule has 0 unspecified atom stereocenters. The summed E-state index contributed by atoms with van der Waals surface area (Å²) >= 11 is 1.52. The Morgan fingerprint density at radius 2 is 1.76 bits per heavy atom. The number of thiazole rings is 1. The number of amides is 1. The third-order valence-electron chi connectivity index (χ3n) is 4.57. The van der Waals surface area contributed by atoms with Crippen molar-refractivity contribution in [3.8, 4) is 11.5 Å². The first-order valence-corrected chi connectivity index (χ1v) is 10.3. The molecule has 0 saturated heterocycles. The summed E-state index contributed by atoms with van der Waals surface area (Å²) < 4.78 is 19.3. The van der Waals surface area contributed by atoms with Crippen molar-refractivity contribution < 1.29 is 19.0 Å². The van der Waals surface area contributed by atoms with Crippen LogP contribution in [0.15, 0.2) is 35.3 Å². The summed E-state index contributed by atoms with van der Waals surface area (Å²) in [6.07, 6.45) is 0. The van der Waals surface area contributed by atoms with E-state index in [2.05, 4.69) is 35.5 Å². The van der Waals surface area contributed by atoms with Crippen LogP contribution in [0.1, 0.15) is 28.4 Å². The molecule has 1 amide bonds. The van der Waals surface area contributed by atoms with Crippen LogP contribution in [-0.2, 0) is 11.3 Å². The predicted octanol–water partition coefficient (Wildman–Crippen LogP) is 4.11. The van der Waals surface area contributed by atoms with Crippen LogP contribution >= 0.6 is 11.3 Å². The number of aromatic nitrogens is 1. The molecule has 1 heterocycles. The molecule has 3 aromatic rings. The molecule has 6 nitrogen and oxygen atoms in total. The summed E-state index contributed by atoms with van der Waals surface area (Å²) in [5.41, 5.74) is 3.84. The Labute approximate surface area is 174 Å². The van der Waals surface area contributed by atoms with Crippen molar-refractivity contribution in [2.75, 3.05) is 27.4 Å². The Morgan fingerprint density at radius 3 is 2.38 bits per heavy atom. The number of methoxy groups -OCH3 is 2. The van der Waals surface area contributed by atoms with E-state index in [1.807, 2.05) is 6.92 Å². The quantitative estimate of drug-likeness (QED) is 0.546. The van der Waals surface area contributed by atoms with Gasteiger partial charge in [0, 0.05) is 24.8 Å². The first-order valence-electron chi connectivity index (χ1n) is 9.47. The van der Waals surface area contributed by atoms with E-state index in [9.17, 15) is 4.79 Å². The molecule has 29 heavy (non-hydrogen) atoms. The van der Waals surface area contributed by atoms with E-state index in [0.717, 1.165) is 10.2 Å². The Bertz CT molecular complexity index is 1080. The normalized spacial score (nSPS) is 11.8. The molecule has 0 aliphatic rings. The highest BCUT2D eigenvalue weighted by atomic mass is 32.1. The fourth-order valence-electron chi connectivity index (χ4n) is 3.20. The van der Waals surface area contributed by atoms with Crippen LogP contribution < -0.4 is 14.3 Å². The highest BCUT2D eigenvalue weighted by Gasteiger charge is 2.13. The molecule has 0 N–H and O–H groups in total. The Morgan fingerprint density at radius 1 is 1.07 bits per heavy atom. The molecule has 3 rings (SSSR count). The molecule has 0 aliphatic heterocycles. The van der Waals surface area contributed by atoms with Crippen molar-refractivity contribution in [2.24, 2.45) is 4.99 Å². The monoisotopic (exact) mass is 414 g/mol. The SMILES string of the molecule is CCOCCn1c(=NC(=O)c2cc(OC)cc(OC)c2)sc2c(C)cc(C)cc21. The van der Waals surface area contributed by atoms with Gasteiger partial charge < -0.3 is 18.8 Å². The Hall–Kier alpha value is -2.64. The molecule has 2 aromatic carbocycles. The van der Waals surface area contributed by atoms with E-state index in [0.29, 0.717) is 41.6 Å². The Balaban J connectivity index is 2.12. The zero-order valence-electron chi connectivity index (χ0n) is 17.4. The minimum Gasteiger partial charge on any atom is -0.497 e. The lowest BCUT2D eigenvalue weighted by Gasteiger charge is -2.07. The smallest absolute Gasteiger partial charge is 0.279 e. The minimum absolute atomic E-state index is 0.340. The van der Waals surface area contributed by atoms with Crippen molar-refractivity contribution in [2.45, 2.75) is 27.3 Å². The Kier molecular flexibility index (Phi) is 6.71. The van der Waals surface area contributed by atoms with Crippen LogP contribution in [-0.4, -0.2) is 37.9 Å². The van der Waals surface area contributed by atoms with Crippen molar-refractivity contribution >= 4 is 27.5 Å². The van der Waals surface area contributed by atoms with Gasteiger partial charge in [-0.05, 0) is 50.1 Å². The van der Waals surface area contributed by atoms with Crippen LogP contribution in [0.3, 0.4) is 0 Å². The number of hydrogen-bond acceptors (Lipinski definition) is 5. The van der Waals surface area contributed by atoms with Gasteiger partial charge in [-0.25, -0.2) is 0 Å². The standard InChI is InChI=1S/C22H26N2O4S/c1-6-28-8-7-24-19-10-14(2)9-15(3)20(19)29-22(24)23-21(25)16-11-17(26-4)13-18(12-16)27-5/h9-13H,6-8H2,1-5H3. The summed E-state index contributed by atoms with van der Waals surface area (Å²) in [6, 6.07) is 9.33. The van der Waals surface area contributed by atoms with E-state index >= 15 is 0 Å². The summed E-state index contributed by atoms with van der Waals surface area (Å²) in [5, 5.41) is 0. The second-order valence-electron chi connectivity index (χ2n) is 6.68. The zero-order valence-corrected chi connectivity index (χ0v) is 18.3. The number of nitrogens with zero attached hydrogens (tertiary/aromatic N) is 2. The number of rotatable bonds is 7. The number of carbonyl (C=O) groups excluding carboxylic acids is 1. The molecular formula is C22H26N2O4S. The number of carbonyl (C=O) groups is 1. The second kappa shape index (κ2) is 9.24. The number of benzene rings is 2. The predicted molar refractivity (Wildman–Crippen MR) is 115 cm³/mol. The van der Waals surface area contributed by atoms with Crippen LogP contribution in [0.25, 0.3) is 10.2 Å². The molecule has 0 fully saturated rings. The van der Waals surface area contributed by atoms with Gasteiger partial charge in [-0.2, -0.15) is 4.99 Å². The number of aryl methyl sites for hydroxylation is 2. The molecule has 0 radical (unpaired) electrons. The number of hydrogen-bond donors (Lipinski definition) is 0. The maximum absolute atomic E-state index is 12.9. The van der Waals surface area contributed by atoms with Gasteiger partial charge in [0.05, 0.1) is 31.0 Å². The van der Waals surface area contributed by atoms with Gasteiger partial charge in [0.15, 0.2) is 4.80 Å². The summed E-state index contributed by atoms with van der Waals surface area (Å²) in [6.45, 7) is 7.96. The fraction of sp³-hybridized carbons (Fsp3) is 0.364. The van der Waals surface area contributed by atoms with Crippen LogP contribution in [0, 0.1) is 13.8 Å². The van der Waals surface area contributed by atoms with Gasteiger partial charge >= 0.3 is 0 Å². The van der Waals surface area contributed by atoms with E-state index < -0.39 is 0 Å². The van der Waals surface area contributed by atoms with Gasteiger partial charge in [-0.1, -0.05) is 17.4 Å². The third kappa shape index (κ3) is 4.68. The summed E-state index contributed by atoms with van der Waals surface area (Å²) in [4.78, 5) is 18.0. The van der Waals surface area contributed by atoms with E-state index in [1.54, 1.807) is 32.4 Å². The topological polar surface area (TPSA) is 62.1 Å². The van der Waals surface area contributed by atoms with Crippen LogP contribution in [0.5, 0.6) is 11.5 Å². The maximum atomic E-state index is 12.9. The molecule has 7 heteroatoms. The van der Waals surface area contributed by atoms with Crippen molar-refractivity contribution in [3.63, 3.8) is 0 Å². The van der Waals surface area contributed by atoms with E-state index in [-0.39, 0.29) is 5.91 Å². The van der Waals surface area contributed by atoms with E-state index in [1.165, 1.54) is 22.5 Å². The highest BCUT2D eigenvalue weighted by molar-refractivity contribution is 7.16. The van der Waals surface area contributed by atoms with Crippen molar-refractivity contribution in [3.05, 3.63) is 51.8 Å². The molecule has 1 aromatic heterocycles. The third-order valence-corrected chi connectivity index (χ3v) is 5.80. The van der Waals surface area contributed by atoms with Crippen molar-refractivity contribution in [1.82, 2.24) is 4.57 Å². The highest BCUT2D eigenvalue weighted by Crippen LogP contribution is 2.25. The second-order valence-corrected chi connectivity index (χ2v) is 7.66. The van der Waals surface area contributed by atoms with Gasteiger partial charge in [0.1, 0.15) is 11.5 Å². The van der Waals surface area contributed by atoms with Gasteiger partial charge in [-0.3, -0.25) is 4.79 Å². The maximum Gasteiger partial charge on any atom is 0.279 e. The largest absolute Gasteiger partial charge is 0.497 e. The molecule has 0 bridgehead atoms. The molecule has 0 saturated carbocycles. The molecule has 154 valence electrons. The summed E-state index contributed by atoms with van der Waals surface area (Å²) in [7, 11) is 3.11. The lowest BCUT2D eigenvalue weighted by Crippen LogP contribution is -2.19. The first-order chi connectivity index (χ1) is 14.0. The molecule has 0 spiro atoms. The lowest BCUT2D eigenvalue weighted by atomic mass is 10.1. The summed E-state index contributed by atoms with van der Waals surface area (Å²) in [5.74, 6) is 0.762. The molecular weight excluding hydrogens is 388 g/mol. The number of ether oxygens (including phenoxy) is 3.